The van der Waals surface area contributed by atoms with E-state index in [2.05, 4.69) is 0 Å². The SMILES string of the molecule is O=C(C=Cc1ccc(O)cc1)OC1C(O)CC2(O)CC1OC2=O. The Balaban J connectivity index is 1.64. The molecule has 2 fully saturated rings. The highest BCUT2D eigenvalue weighted by Crippen LogP contribution is 2.39. The van der Waals surface area contributed by atoms with Crippen LogP contribution in [-0.4, -0.2) is 51.2 Å². The summed E-state index contributed by atoms with van der Waals surface area (Å²) in [5.41, 5.74) is -1.000. The Bertz CT molecular complexity index is 651. The highest BCUT2D eigenvalue weighted by Gasteiger charge is 2.58. The number of hydrogen-bond acceptors (Lipinski definition) is 7. The van der Waals surface area contributed by atoms with Gasteiger partial charge in [-0.2, -0.15) is 0 Å². The molecule has 7 heteroatoms. The number of fused-ring (bicyclic) bond motifs is 2. The largest absolute Gasteiger partial charge is 0.508 e. The van der Waals surface area contributed by atoms with Gasteiger partial charge in [0, 0.05) is 18.9 Å². The monoisotopic (exact) mass is 320 g/mol. The molecule has 3 N–H and O–H groups in total. The molecule has 1 saturated carbocycles. The highest BCUT2D eigenvalue weighted by atomic mass is 16.6. The lowest BCUT2D eigenvalue weighted by Gasteiger charge is -2.32. The fraction of sp³-hybridized carbons (Fsp3) is 0.375. The molecule has 1 aliphatic heterocycles. The van der Waals surface area contributed by atoms with Crippen LogP contribution in [0.3, 0.4) is 0 Å². The number of carbonyl (C=O) groups is 2. The van der Waals surface area contributed by atoms with Crippen LogP contribution in [0.5, 0.6) is 5.75 Å². The quantitative estimate of drug-likeness (QED) is 0.536. The van der Waals surface area contributed by atoms with Gasteiger partial charge in [-0.1, -0.05) is 12.1 Å². The third-order valence-corrected chi connectivity index (χ3v) is 4.03. The maximum atomic E-state index is 11.9. The van der Waals surface area contributed by atoms with Gasteiger partial charge in [0.05, 0.1) is 6.10 Å². The van der Waals surface area contributed by atoms with Crippen molar-refractivity contribution in [2.24, 2.45) is 0 Å². The summed E-state index contributed by atoms with van der Waals surface area (Å²) < 4.78 is 10.1. The van der Waals surface area contributed by atoms with Gasteiger partial charge in [-0.25, -0.2) is 9.59 Å². The number of aliphatic hydroxyl groups excluding tert-OH is 1. The Kier molecular flexibility index (Phi) is 3.83. The Morgan fingerprint density at radius 1 is 1.30 bits per heavy atom. The number of phenols is 1. The lowest BCUT2D eigenvalue weighted by molar-refractivity contribution is -0.165. The van der Waals surface area contributed by atoms with Gasteiger partial charge in [0.15, 0.2) is 11.7 Å². The Morgan fingerprint density at radius 2 is 2.00 bits per heavy atom. The maximum Gasteiger partial charge on any atom is 0.338 e. The lowest BCUT2D eigenvalue weighted by atomic mass is 9.82. The summed E-state index contributed by atoms with van der Waals surface area (Å²) in [6, 6.07) is 6.20. The van der Waals surface area contributed by atoms with Crippen molar-refractivity contribution in [1.29, 1.82) is 0 Å². The van der Waals surface area contributed by atoms with Crippen LogP contribution in [0.2, 0.25) is 0 Å². The molecule has 2 aliphatic rings. The second-order valence-corrected chi connectivity index (χ2v) is 5.78. The maximum absolute atomic E-state index is 11.9. The van der Waals surface area contributed by atoms with Crippen LogP contribution in [0.25, 0.3) is 6.08 Å². The topological polar surface area (TPSA) is 113 Å². The number of aromatic hydroxyl groups is 1. The minimum Gasteiger partial charge on any atom is -0.508 e. The number of rotatable bonds is 3. The minimum absolute atomic E-state index is 0.00250. The van der Waals surface area contributed by atoms with Crippen molar-refractivity contribution in [2.75, 3.05) is 0 Å². The van der Waals surface area contributed by atoms with Crippen molar-refractivity contribution >= 4 is 18.0 Å². The van der Waals surface area contributed by atoms with E-state index in [1.807, 2.05) is 0 Å². The van der Waals surface area contributed by atoms with E-state index in [4.69, 9.17) is 9.47 Å². The molecule has 7 nitrogen and oxygen atoms in total. The molecule has 1 heterocycles. The Labute approximate surface area is 131 Å². The summed E-state index contributed by atoms with van der Waals surface area (Å²) >= 11 is 0. The number of hydrogen-bond donors (Lipinski definition) is 3. The van der Waals surface area contributed by atoms with E-state index in [-0.39, 0.29) is 18.6 Å². The first kappa shape index (κ1) is 15.5. The van der Waals surface area contributed by atoms with E-state index in [9.17, 15) is 24.9 Å². The molecule has 23 heavy (non-hydrogen) atoms. The van der Waals surface area contributed by atoms with Gasteiger partial charge in [-0.15, -0.1) is 0 Å². The van der Waals surface area contributed by atoms with Gasteiger partial charge >= 0.3 is 11.9 Å². The van der Waals surface area contributed by atoms with E-state index < -0.39 is 35.9 Å². The van der Waals surface area contributed by atoms with Crippen molar-refractivity contribution in [1.82, 2.24) is 0 Å². The van der Waals surface area contributed by atoms with Crippen molar-refractivity contribution in [3.63, 3.8) is 0 Å². The van der Waals surface area contributed by atoms with Crippen LogP contribution in [0.1, 0.15) is 18.4 Å². The second-order valence-electron chi connectivity index (χ2n) is 5.78. The summed E-state index contributed by atoms with van der Waals surface area (Å²) in [5, 5.41) is 29.1. The molecular formula is C16H16O7. The summed E-state index contributed by atoms with van der Waals surface area (Å²) in [4.78, 5) is 23.4. The molecule has 2 bridgehead atoms. The number of esters is 2. The molecular weight excluding hydrogens is 304 g/mol. The lowest BCUT2D eigenvalue weighted by Crippen LogP contribution is -2.50. The van der Waals surface area contributed by atoms with E-state index in [1.165, 1.54) is 24.3 Å². The number of aliphatic hydroxyl groups is 2. The van der Waals surface area contributed by atoms with Crippen LogP contribution in [0.15, 0.2) is 30.3 Å². The zero-order chi connectivity index (χ0) is 16.6. The van der Waals surface area contributed by atoms with Gasteiger partial charge < -0.3 is 24.8 Å². The van der Waals surface area contributed by atoms with Crippen molar-refractivity contribution < 1.29 is 34.4 Å². The molecule has 3 rings (SSSR count). The number of phenolic OH excluding ortho intramolecular Hbond substituents is 1. The van der Waals surface area contributed by atoms with E-state index >= 15 is 0 Å². The molecule has 122 valence electrons. The van der Waals surface area contributed by atoms with Crippen LogP contribution in [0, 0.1) is 0 Å². The van der Waals surface area contributed by atoms with Gasteiger partial charge in [0.2, 0.25) is 0 Å². The molecule has 0 spiro atoms. The fourth-order valence-electron chi connectivity index (χ4n) is 2.84. The van der Waals surface area contributed by atoms with Crippen molar-refractivity contribution in [2.45, 2.75) is 36.8 Å². The molecule has 1 saturated heterocycles. The second kappa shape index (κ2) is 5.68. The molecule has 0 aromatic heterocycles. The number of ether oxygens (including phenoxy) is 2. The predicted molar refractivity (Wildman–Crippen MR) is 77.1 cm³/mol. The molecule has 0 radical (unpaired) electrons. The average Bonchev–Trinajstić information content (AvgIpc) is 2.74. The van der Waals surface area contributed by atoms with E-state index in [0.29, 0.717) is 5.56 Å². The van der Waals surface area contributed by atoms with Gasteiger partial charge in [0.25, 0.3) is 0 Å². The van der Waals surface area contributed by atoms with Crippen LogP contribution < -0.4 is 0 Å². The summed E-state index contributed by atoms with van der Waals surface area (Å²) in [6.07, 6.45) is -0.563. The summed E-state index contributed by atoms with van der Waals surface area (Å²) in [6.45, 7) is 0. The van der Waals surface area contributed by atoms with Gasteiger partial charge in [-0.05, 0) is 23.8 Å². The van der Waals surface area contributed by atoms with E-state index in [0.717, 1.165) is 0 Å². The zero-order valence-electron chi connectivity index (χ0n) is 12.1. The first-order chi connectivity index (χ1) is 10.9. The normalized spacial score (nSPS) is 32.8. The zero-order valence-corrected chi connectivity index (χ0v) is 12.1. The van der Waals surface area contributed by atoms with Crippen molar-refractivity contribution in [3.05, 3.63) is 35.9 Å². The van der Waals surface area contributed by atoms with Crippen LogP contribution in [-0.2, 0) is 19.1 Å². The molecule has 1 aromatic rings. The summed E-state index contributed by atoms with van der Waals surface area (Å²) in [5.74, 6) is -1.37. The molecule has 0 amide bonds. The first-order valence-corrected chi connectivity index (χ1v) is 7.17. The van der Waals surface area contributed by atoms with Gasteiger partial charge in [0.1, 0.15) is 11.9 Å². The Morgan fingerprint density at radius 3 is 2.70 bits per heavy atom. The van der Waals surface area contributed by atoms with Crippen molar-refractivity contribution in [3.8, 4) is 5.75 Å². The third-order valence-electron chi connectivity index (χ3n) is 4.03. The number of benzene rings is 1. The molecule has 1 aromatic carbocycles. The molecule has 4 unspecified atom stereocenters. The van der Waals surface area contributed by atoms with Gasteiger partial charge in [-0.3, -0.25) is 0 Å². The van der Waals surface area contributed by atoms with E-state index in [1.54, 1.807) is 12.1 Å². The Hall–Kier alpha value is -2.38. The summed E-state index contributed by atoms with van der Waals surface area (Å²) in [7, 11) is 0. The van der Waals surface area contributed by atoms with Crippen LogP contribution >= 0.6 is 0 Å². The fourth-order valence-corrected chi connectivity index (χ4v) is 2.84. The van der Waals surface area contributed by atoms with Crippen LogP contribution in [0.4, 0.5) is 0 Å². The average molecular weight is 320 g/mol. The first-order valence-electron chi connectivity index (χ1n) is 7.17. The smallest absolute Gasteiger partial charge is 0.338 e. The molecule has 4 atom stereocenters. The minimum atomic E-state index is -1.69. The predicted octanol–water partition coefficient (Wildman–Crippen LogP) is 0.128. The third kappa shape index (κ3) is 3.06. The molecule has 1 aliphatic carbocycles. The highest BCUT2D eigenvalue weighted by molar-refractivity contribution is 5.87. The number of carbonyl (C=O) groups excluding carboxylic acids is 2. The standard InChI is InChI=1S/C16H16O7/c17-10-4-1-9(2-5-10)3-6-13(19)23-14-11(18)7-16(21)8-12(14)22-15(16)20/h1-6,11-12,14,17-18,21H,7-8H2.